The lowest BCUT2D eigenvalue weighted by molar-refractivity contribution is 0.413. The topological polar surface area (TPSA) is 85.6 Å². The van der Waals surface area contributed by atoms with E-state index >= 15 is 0 Å². The number of aliphatic imine (C=N–C) groups is 1. The Morgan fingerprint density at radius 1 is 1.00 bits per heavy atom. The third-order valence-electron chi connectivity index (χ3n) is 4.37. The number of methoxy groups -OCH3 is 1. The number of hydrogen-bond donors (Lipinski definition) is 2. The van der Waals surface area contributed by atoms with E-state index in [4.69, 9.17) is 9.47 Å². The first-order valence-corrected chi connectivity index (χ1v) is 9.36. The summed E-state index contributed by atoms with van der Waals surface area (Å²) in [6.07, 6.45) is 2.41. The van der Waals surface area contributed by atoms with Crippen LogP contribution in [0.3, 0.4) is 0 Å². The van der Waals surface area contributed by atoms with Crippen LogP contribution in [0, 0.1) is 0 Å². The summed E-state index contributed by atoms with van der Waals surface area (Å²) in [6, 6.07) is 15.6. The summed E-state index contributed by atoms with van der Waals surface area (Å²) in [4.78, 5) is 8.41. The Morgan fingerprint density at radius 2 is 1.66 bits per heavy atom. The number of ether oxygens (including phenoxy) is 2. The molecule has 3 aromatic rings. The molecule has 0 radical (unpaired) electrons. The van der Waals surface area contributed by atoms with Crippen LogP contribution in [0.2, 0.25) is 0 Å². The highest BCUT2D eigenvalue weighted by atomic mass is 16.5. The lowest BCUT2D eigenvalue weighted by atomic mass is 10.1. The van der Waals surface area contributed by atoms with E-state index in [1.165, 1.54) is 11.9 Å². The molecular weight excluding hydrogens is 368 g/mol. The lowest BCUT2D eigenvalue weighted by Crippen LogP contribution is -2.38. The average Bonchev–Trinajstić information content (AvgIpc) is 3.17. The zero-order chi connectivity index (χ0) is 20.5. The van der Waals surface area contributed by atoms with Crippen LogP contribution < -0.4 is 20.1 Å². The van der Waals surface area contributed by atoms with Crippen LogP contribution in [-0.2, 0) is 20.0 Å². The van der Waals surface area contributed by atoms with Crippen molar-refractivity contribution in [1.29, 1.82) is 0 Å². The molecule has 3 rings (SSSR count). The summed E-state index contributed by atoms with van der Waals surface area (Å²) in [6.45, 7) is 1.32. The molecule has 0 saturated carbocycles. The van der Waals surface area contributed by atoms with E-state index in [-0.39, 0.29) is 0 Å². The molecule has 2 N–H and O–H groups in total. The van der Waals surface area contributed by atoms with Crippen LogP contribution in [0.1, 0.15) is 11.4 Å². The summed E-state index contributed by atoms with van der Waals surface area (Å²) in [5, 5.41) is 10.6. The fourth-order valence-corrected chi connectivity index (χ4v) is 2.69. The van der Waals surface area contributed by atoms with Crippen LogP contribution in [-0.4, -0.2) is 41.4 Å². The van der Waals surface area contributed by atoms with Gasteiger partial charge in [0.05, 0.1) is 13.7 Å². The number of nitrogens with one attached hydrogen (secondary N) is 2. The van der Waals surface area contributed by atoms with Gasteiger partial charge in [-0.3, -0.25) is 9.67 Å². The normalized spacial score (nSPS) is 11.2. The molecule has 0 saturated heterocycles. The fourth-order valence-electron chi connectivity index (χ4n) is 2.69. The molecule has 0 fully saturated rings. The van der Waals surface area contributed by atoms with Gasteiger partial charge in [-0.15, -0.1) is 0 Å². The molecule has 0 unspecified atom stereocenters. The van der Waals surface area contributed by atoms with Gasteiger partial charge in [-0.05, 0) is 48.4 Å². The number of guanidine groups is 1. The summed E-state index contributed by atoms with van der Waals surface area (Å²) >= 11 is 0. The Bertz CT molecular complexity index is 919. The Labute approximate surface area is 170 Å². The Balaban J connectivity index is 1.43. The third-order valence-corrected chi connectivity index (χ3v) is 4.37. The standard InChI is InChI=1S/C21H26N6O2/c1-22-21(24-14-20-25-15-26-27(20)2)23-13-12-16-4-6-18(7-5-16)29-19-10-8-17(28-3)9-11-19/h4-11,15H,12-14H2,1-3H3,(H2,22,23,24). The molecule has 1 heterocycles. The van der Waals surface area contributed by atoms with Crippen molar-refractivity contribution in [3.05, 3.63) is 66.2 Å². The van der Waals surface area contributed by atoms with Crippen molar-refractivity contribution in [1.82, 2.24) is 25.4 Å². The molecule has 0 aliphatic rings. The monoisotopic (exact) mass is 394 g/mol. The summed E-state index contributed by atoms with van der Waals surface area (Å²) in [7, 11) is 5.26. The molecule has 0 atom stereocenters. The molecule has 0 spiro atoms. The summed E-state index contributed by atoms with van der Waals surface area (Å²) in [5.41, 5.74) is 1.21. The van der Waals surface area contributed by atoms with Gasteiger partial charge >= 0.3 is 0 Å². The number of aryl methyl sites for hydroxylation is 1. The first kappa shape index (κ1) is 20.2. The van der Waals surface area contributed by atoms with Crippen molar-refractivity contribution in [2.24, 2.45) is 12.0 Å². The minimum atomic E-state index is 0.563. The lowest BCUT2D eigenvalue weighted by Gasteiger charge is -2.12. The second-order valence-corrected chi connectivity index (χ2v) is 6.32. The average molecular weight is 394 g/mol. The number of hydrogen-bond acceptors (Lipinski definition) is 5. The molecule has 8 heteroatoms. The van der Waals surface area contributed by atoms with Crippen molar-refractivity contribution in [3.8, 4) is 17.2 Å². The van der Waals surface area contributed by atoms with Crippen LogP contribution >= 0.6 is 0 Å². The van der Waals surface area contributed by atoms with E-state index in [1.807, 2.05) is 43.4 Å². The predicted molar refractivity (Wildman–Crippen MR) is 112 cm³/mol. The molecule has 8 nitrogen and oxygen atoms in total. The predicted octanol–water partition coefficient (Wildman–Crippen LogP) is 2.52. The Morgan fingerprint density at radius 3 is 2.24 bits per heavy atom. The molecule has 0 bridgehead atoms. The SMILES string of the molecule is CN=C(NCCc1ccc(Oc2ccc(OC)cc2)cc1)NCc1ncnn1C. The summed E-state index contributed by atoms with van der Waals surface area (Å²) < 4.78 is 12.7. The molecular formula is C21H26N6O2. The quantitative estimate of drug-likeness (QED) is 0.451. The zero-order valence-electron chi connectivity index (χ0n) is 16.9. The molecule has 0 amide bonds. The summed E-state index contributed by atoms with van der Waals surface area (Å²) in [5.74, 6) is 3.96. The van der Waals surface area contributed by atoms with Crippen LogP contribution in [0.4, 0.5) is 0 Å². The first-order chi connectivity index (χ1) is 14.2. The van der Waals surface area contributed by atoms with Gasteiger partial charge in [0.2, 0.25) is 0 Å². The highest BCUT2D eigenvalue weighted by molar-refractivity contribution is 5.79. The maximum absolute atomic E-state index is 5.86. The second kappa shape index (κ2) is 10.1. The maximum Gasteiger partial charge on any atom is 0.191 e. The van der Waals surface area contributed by atoms with E-state index < -0.39 is 0 Å². The van der Waals surface area contributed by atoms with Gasteiger partial charge in [0, 0.05) is 20.6 Å². The van der Waals surface area contributed by atoms with Crippen molar-refractivity contribution in [3.63, 3.8) is 0 Å². The fraction of sp³-hybridized carbons (Fsp3) is 0.286. The van der Waals surface area contributed by atoms with E-state index in [0.29, 0.717) is 6.54 Å². The van der Waals surface area contributed by atoms with Crippen molar-refractivity contribution < 1.29 is 9.47 Å². The highest BCUT2D eigenvalue weighted by Gasteiger charge is 2.03. The Hall–Kier alpha value is -3.55. The van der Waals surface area contributed by atoms with E-state index in [0.717, 1.165) is 42.0 Å². The second-order valence-electron chi connectivity index (χ2n) is 6.32. The van der Waals surface area contributed by atoms with E-state index in [2.05, 4.69) is 37.8 Å². The van der Waals surface area contributed by atoms with Crippen LogP contribution in [0.15, 0.2) is 59.9 Å². The molecule has 0 aliphatic heterocycles. The smallest absolute Gasteiger partial charge is 0.191 e. The number of benzene rings is 2. The van der Waals surface area contributed by atoms with Gasteiger partial charge < -0.3 is 20.1 Å². The highest BCUT2D eigenvalue weighted by Crippen LogP contribution is 2.24. The van der Waals surface area contributed by atoms with Gasteiger partial charge in [-0.2, -0.15) is 5.10 Å². The number of aromatic nitrogens is 3. The van der Waals surface area contributed by atoms with Crippen LogP contribution in [0.25, 0.3) is 0 Å². The molecule has 1 aromatic heterocycles. The Kier molecular flexibility index (Phi) is 7.05. The van der Waals surface area contributed by atoms with Gasteiger partial charge in [0.1, 0.15) is 29.4 Å². The van der Waals surface area contributed by atoms with Crippen molar-refractivity contribution >= 4 is 5.96 Å². The van der Waals surface area contributed by atoms with Gasteiger partial charge in [-0.25, -0.2) is 4.98 Å². The molecule has 29 heavy (non-hydrogen) atoms. The van der Waals surface area contributed by atoms with E-state index in [1.54, 1.807) is 18.8 Å². The molecule has 2 aromatic carbocycles. The first-order valence-electron chi connectivity index (χ1n) is 9.36. The minimum absolute atomic E-state index is 0.563. The minimum Gasteiger partial charge on any atom is -0.497 e. The maximum atomic E-state index is 5.86. The largest absolute Gasteiger partial charge is 0.497 e. The zero-order valence-corrected chi connectivity index (χ0v) is 16.9. The number of rotatable bonds is 8. The van der Waals surface area contributed by atoms with Crippen molar-refractivity contribution in [2.75, 3.05) is 20.7 Å². The van der Waals surface area contributed by atoms with Gasteiger partial charge in [-0.1, -0.05) is 12.1 Å². The van der Waals surface area contributed by atoms with Crippen molar-refractivity contribution in [2.45, 2.75) is 13.0 Å². The molecule has 0 aliphatic carbocycles. The number of nitrogens with zero attached hydrogens (tertiary/aromatic N) is 4. The van der Waals surface area contributed by atoms with Gasteiger partial charge in [0.15, 0.2) is 5.96 Å². The van der Waals surface area contributed by atoms with Gasteiger partial charge in [0.25, 0.3) is 0 Å². The van der Waals surface area contributed by atoms with Crippen LogP contribution in [0.5, 0.6) is 17.2 Å². The van der Waals surface area contributed by atoms with E-state index in [9.17, 15) is 0 Å². The molecule has 152 valence electrons. The third kappa shape index (κ3) is 5.97.